The fourth-order valence-corrected chi connectivity index (χ4v) is 2.31. The second-order valence-electron chi connectivity index (χ2n) is 5.45. The summed E-state index contributed by atoms with van der Waals surface area (Å²) in [5.41, 5.74) is 0.899. The van der Waals surface area contributed by atoms with Crippen LogP contribution in [-0.4, -0.2) is 48.0 Å². The van der Waals surface area contributed by atoms with Gasteiger partial charge in [0.15, 0.2) is 0 Å². The molecule has 0 bridgehead atoms. The molecule has 0 unspecified atom stereocenters. The van der Waals surface area contributed by atoms with Crippen molar-refractivity contribution < 1.29 is 4.79 Å². The zero-order valence-electron chi connectivity index (χ0n) is 13.5. The Morgan fingerprint density at radius 3 is 2.75 bits per heavy atom. The van der Waals surface area contributed by atoms with Crippen molar-refractivity contribution >= 4 is 40.6 Å². The van der Waals surface area contributed by atoms with Crippen molar-refractivity contribution in [2.75, 3.05) is 32.5 Å². The van der Waals surface area contributed by atoms with Crippen LogP contribution in [0.2, 0.25) is 10.0 Å². The van der Waals surface area contributed by atoms with Gasteiger partial charge in [0.2, 0.25) is 0 Å². The lowest BCUT2D eigenvalue weighted by Crippen LogP contribution is -2.27. The van der Waals surface area contributed by atoms with Gasteiger partial charge in [-0.2, -0.15) is 0 Å². The fourth-order valence-electron chi connectivity index (χ4n) is 1.97. The van der Waals surface area contributed by atoms with Gasteiger partial charge < -0.3 is 15.5 Å². The van der Waals surface area contributed by atoms with Crippen LogP contribution in [0.4, 0.5) is 11.5 Å². The molecule has 0 radical (unpaired) electrons. The van der Waals surface area contributed by atoms with E-state index >= 15 is 0 Å². The van der Waals surface area contributed by atoms with Crippen LogP contribution in [0, 0.1) is 0 Å². The number of halogens is 2. The number of hydrogen-bond acceptors (Lipinski definition) is 5. The minimum absolute atomic E-state index is 0.239. The summed E-state index contributed by atoms with van der Waals surface area (Å²) < 4.78 is 0. The summed E-state index contributed by atoms with van der Waals surface area (Å²) in [5.74, 6) is 0.226. The summed E-state index contributed by atoms with van der Waals surface area (Å²) in [7, 11) is 3.98. The molecule has 8 heteroatoms. The van der Waals surface area contributed by atoms with E-state index in [9.17, 15) is 4.79 Å². The van der Waals surface area contributed by atoms with Crippen LogP contribution in [0.25, 0.3) is 0 Å². The third-order valence-corrected chi connectivity index (χ3v) is 3.72. The van der Waals surface area contributed by atoms with E-state index in [1.54, 1.807) is 24.3 Å². The first-order chi connectivity index (χ1) is 11.5. The molecule has 0 fully saturated rings. The van der Waals surface area contributed by atoms with Crippen molar-refractivity contribution in [2.24, 2.45) is 0 Å². The molecule has 1 heterocycles. The quantitative estimate of drug-likeness (QED) is 0.735. The highest BCUT2D eigenvalue weighted by molar-refractivity contribution is 6.35. The standard InChI is InChI=1S/C16H19Cl2N5O/c1-23(2)7-3-6-19-16(24)14-9-15(21-10-20-14)22-13-8-11(17)4-5-12(13)18/h4-5,8-10H,3,6-7H2,1-2H3,(H,19,24)(H,20,21,22). The monoisotopic (exact) mass is 367 g/mol. The minimum Gasteiger partial charge on any atom is -0.351 e. The van der Waals surface area contributed by atoms with Crippen molar-refractivity contribution in [1.29, 1.82) is 0 Å². The average Bonchev–Trinajstić information content (AvgIpc) is 2.55. The Morgan fingerprint density at radius 2 is 2.00 bits per heavy atom. The van der Waals surface area contributed by atoms with E-state index < -0.39 is 0 Å². The molecule has 128 valence electrons. The first kappa shape index (κ1) is 18.4. The van der Waals surface area contributed by atoms with E-state index in [-0.39, 0.29) is 11.6 Å². The predicted molar refractivity (Wildman–Crippen MR) is 97.3 cm³/mol. The fraction of sp³-hybridized carbons (Fsp3) is 0.312. The van der Waals surface area contributed by atoms with E-state index in [1.807, 2.05) is 14.1 Å². The van der Waals surface area contributed by atoms with E-state index in [0.717, 1.165) is 13.0 Å². The summed E-state index contributed by atoms with van der Waals surface area (Å²) in [6.45, 7) is 1.49. The third-order valence-electron chi connectivity index (χ3n) is 3.16. The second-order valence-corrected chi connectivity index (χ2v) is 6.29. The molecule has 24 heavy (non-hydrogen) atoms. The number of carbonyl (C=O) groups is 1. The van der Waals surface area contributed by atoms with Gasteiger partial charge in [-0.05, 0) is 45.3 Å². The van der Waals surface area contributed by atoms with Gasteiger partial charge in [0.25, 0.3) is 5.91 Å². The maximum atomic E-state index is 12.1. The topological polar surface area (TPSA) is 70.2 Å². The molecule has 0 spiro atoms. The lowest BCUT2D eigenvalue weighted by molar-refractivity contribution is 0.0947. The van der Waals surface area contributed by atoms with Gasteiger partial charge in [0.1, 0.15) is 17.8 Å². The highest BCUT2D eigenvalue weighted by atomic mass is 35.5. The van der Waals surface area contributed by atoms with Crippen molar-refractivity contribution in [1.82, 2.24) is 20.2 Å². The molecule has 0 saturated heterocycles. The number of amides is 1. The molecule has 0 aliphatic rings. The Kier molecular flexibility index (Phi) is 6.78. The Balaban J connectivity index is 2.00. The van der Waals surface area contributed by atoms with Crippen LogP contribution in [0.5, 0.6) is 0 Å². The SMILES string of the molecule is CN(C)CCCNC(=O)c1cc(Nc2cc(Cl)ccc2Cl)ncn1. The lowest BCUT2D eigenvalue weighted by Gasteiger charge is -2.10. The third kappa shape index (κ3) is 5.63. The minimum atomic E-state index is -0.239. The zero-order valence-corrected chi connectivity index (χ0v) is 15.0. The molecule has 1 aromatic carbocycles. The van der Waals surface area contributed by atoms with Gasteiger partial charge in [-0.3, -0.25) is 4.79 Å². The van der Waals surface area contributed by atoms with Crippen molar-refractivity contribution in [3.63, 3.8) is 0 Å². The smallest absolute Gasteiger partial charge is 0.270 e. The molecule has 2 N–H and O–H groups in total. The molecule has 1 amide bonds. The van der Waals surface area contributed by atoms with Gasteiger partial charge in [-0.25, -0.2) is 9.97 Å². The molecule has 2 aromatic rings. The number of aromatic nitrogens is 2. The van der Waals surface area contributed by atoms with Crippen LogP contribution in [-0.2, 0) is 0 Å². The molecule has 1 aromatic heterocycles. The highest BCUT2D eigenvalue weighted by Crippen LogP contribution is 2.27. The summed E-state index contributed by atoms with van der Waals surface area (Å²) in [6, 6.07) is 6.64. The maximum absolute atomic E-state index is 12.1. The number of carbonyl (C=O) groups excluding carboxylic acids is 1. The first-order valence-electron chi connectivity index (χ1n) is 7.43. The molecular formula is C16H19Cl2N5O. The van der Waals surface area contributed by atoms with Gasteiger partial charge in [0, 0.05) is 17.6 Å². The first-order valence-corrected chi connectivity index (χ1v) is 8.18. The number of nitrogens with one attached hydrogen (secondary N) is 2. The van der Waals surface area contributed by atoms with Crippen LogP contribution in [0.1, 0.15) is 16.9 Å². The Hall–Kier alpha value is -1.89. The second kappa shape index (κ2) is 8.82. The largest absolute Gasteiger partial charge is 0.351 e. The maximum Gasteiger partial charge on any atom is 0.270 e. The normalized spacial score (nSPS) is 10.7. The van der Waals surface area contributed by atoms with Crippen LogP contribution in [0.3, 0.4) is 0 Å². The summed E-state index contributed by atoms with van der Waals surface area (Å²) in [6.07, 6.45) is 2.20. The van der Waals surface area contributed by atoms with Gasteiger partial charge in [-0.1, -0.05) is 23.2 Å². The summed E-state index contributed by atoms with van der Waals surface area (Å²) >= 11 is 12.1. The molecule has 0 atom stereocenters. The van der Waals surface area contributed by atoms with Crippen LogP contribution < -0.4 is 10.6 Å². The number of anilines is 2. The Labute approximate surface area is 151 Å². The van der Waals surface area contributed by atoms with Crippen LogP contribution >= 0.6 is 23.2 Å². The van der Waals surface area contributed by atoms with Crippen LogP contribution in [0.15, 0.2) is 30.6 Å². The van der Waals surface area contributed by atoms with E-state index in [0.29, 0.717) is 28.1 Å². The number of rotatable bonds is 7. The van der Waals surface area contributed by atoms with E-state index in [2.05, 4.69) is 25.5 Å². The predicted octanol–water partition coefficient (Wildman–Crippen LogP) is 3.21. The Morgan fingerprint density at radius 1 is 1.21 bits per heavy atom. The zero-order chi connectivity index (χ0) is 17.5. The molecule has 0 saturated carbocycles. The molecule has 0 aliphatic carbocycles. The number of benzene rings is 1. The van der Waals surface area contributed by atoms with E-state index in [1.165, 1.54) is 6.33 Å². The summed E-state index contributed by atoms with van der Waals surface area (Å²) in [5, 5.41) is 6.93. The Bertz CT molecular complexity index is 709. The lowest BCUT2D eigenvalue weighted by atomic mass is 10.3. The molecule has 6 nitrogen and oxygen atoms in total. The van der Waals surface area contributed by atoms with Crippen molar-refractivity contribution in [3.8, 4) is 0 Å². The van der Waals surface area contributed by atoms with Crippen molar-refractivity contribution in [2.45, 2.75) is 6.42 Å². The number of hydrogen-bond donors (Lipinski definition) is 2. The van der Waals surface area contributed by atoms with Gasteiger partial charge in [-0.15, -0.1) is 0 Å². The van der Waals surface area contributed by atoms with Crippen molar-refractivity contribution in [3.05, 3.63) is 46.3 Å². The van der Waals surface area contributed by atoms with Gasteiger partial charge in [0.05, 0.1) is 10.7 Å². The highest BCUT2D eigenvalue weighted by Gasteiger charge is 2.09. The molecule has 2 rings (SSSR count). The average molecular weight is 368 g/mol. The number of nitrogens with zero attached hydrogens (tertiary/aromatic N) is 3. The van der Waals surface area contributed by atoms with E-state index in [4.69, 9.17) is 23.2 Å². The molecular weight excluding hydrogens is 349 g/mol. The summed E-state index contributed by atoms with van der Waals surface area (Å²) in [4.78, 5) is 22.3. The van der Waals surface area contributed by atoms with Gasteiger partial charge >= 0.3 is 0 Å². The molecule has 0 aliphatic heterocycles.